The summed E-state index contributed by atoms with van der Waals surface area (Å²) < 4.78 is 64.6. The number of alkyl halides is 3. The number of amides is 1. The molecule has 1 amide bonds. The lowest BCUT2D eigenvalue weighted by Crippen LogP contribution is -2.29. The molecule has 0 bridgehead atoms. The quantitative estimate of drug-likeness (QED) is 0.826. The molecule has 3 rings (SSSR count). The van der Waals surface area contributed by atoms with Crippen LogP contribution >= 0.6 is 0 Å². The minimum absolute atomic E-state index is 0.0617. The lowest BCUT2D eigenvalue weighted by Gasteiger charge is -2.16. The van der Waals surface area contributed by atoms with Gasteiger partial charge in [-0.1, -0.05) is 6.07 Å². The molecule has 1 fully saturated rings. The van der Waals surface area contributed by atoms with Crippen LogP contribution < -0.4 is 9.03 Å². The number of benzene rings is 1. The van der Waals surface area contributed by atoms with Crippen molar-refractivity contribution < 1.29 is 31.5 Å². The van der Waals surface area contributed by atoms with Crippen LogP contribution in [0.2, 0.25) is 0 Å². The summed E-state index contributed by atoms with van der Waals surface area (Å²) in [6.07, 6.45) is -3.41. The summed E-state index contributed by atoms with van der Waals surface area (Å²) in [5, 5.41) is 13.4. The van der Waals surface area contributed by atoms with Crippen LogP contribution in [0.5, 0.6) is 5.75 Å². The predicted octanol–water partition coefficient (Wildman–Crippen LogP) is 0.837. The summed E-state index contributed by atoms with van der Waals surface area (Å²) >= 11 is 0. The van der Waals surface area contributed by atoms with Crippen LogP contribution in [0, 0.1) is 0 Å². The number of aromatic nitrogens is 2. The van der Waals surface area contributed by atoms with E-state index < -0.39 is 40.3 Å². The number of phenolic OH excluding ortho intramolecular Hbond substituents is 1. The molecule has 0 saturated carbocycles. The maximum Gasteiger partial charge on any atom is 0.435 e. The number of anilines is 1. The van der Waals surface area contributed by atoms with Crippen molar-refractivity contribution in [1.29, 1.82) is 0 Å². The fraction of sp³-hybridized carbons (Fsp3) is 0.231. The monoisotopic (exact) mass is 376 g/mol. The molecule has 1 aromatic heterocycles. The normalized spacial score (nSPS) is 16.9. The van der Waals surface area contributed by atoms with E-state index in [9.17, 15) is 31.5 Å². The third-order valence-corrected chi connectivity index (χ3v) is 4.80. The van der Waals surface area contributed by atoms with Crippen LogP contribution in [0.25, 0.3) is 0 Å². The van der Waals surface area contributed by atoms with Crippen LogP contribution in [0.1, 0.15) is 11.3 Å². The number of hydrogen-bond acceptors (Lipinski definition) is 5. The first-order valence-corrected chi connectivity index (χ1v) is 8.26. The largest absolute Gasteiger partial charge is 0.506 e. The number of halogens is 3. The van der Waals surface area contributed by atoms with Gasteiger partial charge in [0.2, 0.25) is 0 Å². The average Bonchev–Trinajstić information content (AvgIpc) is 3.03. The molecule has 1 aromatic carbocycles. The molecule has 0 aliphatic carbocycles. The molecule has 1 aliphatic heterocycles. The van der Waals surface area contributed by atoms with Gasteiger partial charge in [0.1, 0.15) is 12.3 Å². The van der Waals surface area contributed by atoms with E-state index in [1.54, 1.807) is 4.72 Å². The number of nitrogens with zero attached hydrogens (tertiary/aromatic N) is 3. The molecule has 1 aliphatic rings. The second-order valence-corrected chi connectivity index (χ2v) is 6.85. The summed E-state index contributed by atoms with van der Waals surface area (Å²) in [6, 6.07) is 4.70. The van der Waals surface area contributed by atoms with Crippen molar-refractivity contribution in [2.24, 2.45) is 0 Å². The molecule has 25 heavy (non-hydrogen) atoms. The summed E-state index contributed by atoms with van der Waals surface area (Å²) in [6.45, 7) is -0.531. The van der Waals surface area contributed by atoms with E-state index in [1.165, 1.54) is 18.2 Å². The molecule has 8 nitrogen and oxygen atoms in total. The molecule has 0 spiro atoms. The van der Waals surface area contributed by atoms with Gasteiger partial charge in [0.25, 0.3) is 5.91 Å². The zero-order valence-corrected chi connectivity index (χ0v) is 13.2. The van der Waals surface area contributed by atoms with Gasteiger partial charge < -0.3 is 5.11 Å². The van der Waals surface area contributed by atoms with Crippen molar-refractivity contribution >= 4 is 21.8 Å². The lowest BCUT2D eigenvalue weighted by molar-refractivity contribution is -0.141. The molecule has 12 heteroatoms. The second kappa shape index (κ2) is 5.65. The molecule has 0 atom stereocenters. The van der Waals surface area contributed by atoms with Crippen LogP contribution in [0.15, 0.2) is 30.5 Å². The van der Waals surface area contributed by atoms with E-state index in [0.29, 0.717) is 9.87 Å². The number of carbonyl (C=O) groups excluding carboxylic acids is 1. The Morgan fingerprint density at radius 1 is 1.28 bits per heavy atom. The highest BCUT2D eigenvalue weighted by Crippen LogP contribution is 2.32. The Hall–Kier alpha value is -2.76. The maximum absolute atomic E-state index is 12.5. The SMILES string of the molecule is O=C1CN(c2ccc(Cn3ccc(C(F)(F)F)n3)cc2O)S(=O)(=O)N1. The first-order chi connectivity index (χ1) is 11.6. The molecule has 2 N–H and O–H groups in total. The highest BCUT2D eigenvalue weighted by atomic mass is 32.2. The molecule has 2 aromatic rings. The van der Waals surface area contributed by atoms with E-state index in [4.69, 9.17) is 0 Å². The van der Waals surface area contributed by atoms with E-state index in [2.05, 4.69) is 5.10 Å². The van der Waals surface area contributed by atoms with Crippen molar-refractivity contribution in [2.75, 3.05) is 10.8 Å². The zero-order valence-electron chi connectivity index (χ0n) is 12.4. The van der Waals surface area contributed by atoms with Gasteiger partial charge in [0.15, 0.2) is 5.69 Å². The smallest absolute Gasteiger partial charge is 0.435 e. The van der Waals surface area contributed by atoms with Gasteiger partial charge in [-0.15, -0.1) is 0 Å². The van der Waals surface area contributed by atoms with Crippen molar-refractivity contribution in [2.45, 2.75) is 12.7 Å². The molecule has 134 valence electrons. The fourth-order valence-electron chi connectivity index (χ4n) is 2.33. The molecular formula is C13H11F3N4O4S. The second-order valence-electron chi connectivity index (χ2n) is 5.26. The number of rotatable bonds is 3. The van der Waals surface area contributed by atoms with Crippen molar-refractivity contribution in [3.05, 3.63) is 41.7 Å². The van der Waals surface area contributed by atoms with Gasteiger partial charge in [-0.05, 0) is 23.8 Å². The Morgan fingerprint density at radius 2 is 2.00 bits per heavy atom. The summed E-state index contributed by atoms with van der Waals surface area (Å²) in [7, 11) is -4.07. The molecule has 0 unspecified atom stereocenters. The van der Waals surface area contributed by atoms with E-state index in [0.717, 1.165) is 16.9 Å². The highest BCUT2D eigenvalue weighted by molar-refractivity contribution is 7.92. The van der Waals surface area contributed by atoms with E-state index in [-0.39, 0.29) is 12.2 Å². The maximum atomic E-state index is 12.5. The predicted molar refractivity (Wildman–Crippen MR) is 78.8 cm³/mol. The number of carbonyl (C=O) groups is 1. The van der Waals surface area contributed by atoms with Crippen molar-refractivity contribution in [3.8, 4) is 5.75 Å². The van der Waals surface area contributed by atoms with Gasteiger partial charge in [-0.25, -0.2) is 9.03 Å². The van der Waals surface area contributed by atoms with Gasteiger partial charge in [-0.2, -0.15) is 26.7 Å². The standard InChI is InChI=1S/C13H11F3N4O4S/c14-13(15,16)11-3-4-19(17-11)6-8-1-2-9(10(21)5-8)20-7-12(22)18-25(20,23)24/h1-5,21H,6-7H2,(H,18,22). The number of aromatic hydroxyl groups is 1. The molecule has 1 saturated heterocycles. The minimum atomic E-state index is -4.55. The van der Waals surface area contributed by atoms with Crippen LogP contribution in [-0.2, 0) is 27.7 Å². The Balaban J connectivity index is 1.83. The van der Waals surface area contributed by atoms with Gasteiger partial charge >= 0.3 is 16.4 Å². The first kappa shape index (κ1) is 17.1. The van der Waals surface area contributed by atoms with Crippen molar-refractivity contribution in [3.63, 3.8) is 0 Å². The third kappa shape index (κ3) is 3.38. The Kier molecular flexibility index (Phi) is 3.86. The average molecular weight is 376 g/mol. The molecular weight excluding hydrogens is 365 g/mol. The Morgan fingerprint density at radius 3 is 2.52 bits per heavy atom. The third-order valence-electron chi connectivity index (χ3n) is 3.40. The number of phenols is 1. The Labute approximate surface area is 139 Å². The molecule has 0 radical (unpaired) electrons. The summed E-state index contributed by atoms with van der Waals surface area (Å²) in [5.41, 5.74) is -0.756. The van der Waals surface area contributed by atoms with Crippen LogP contribution in [-0.4, -0.2) is 35.8 Å². The summed E-state index contributed by atoms with van der Waals surface area (Å²) in [5.74, 6) is -1.17. The highest BCUT2D eigenvalue weighted by Gasteiger charge is 2.35. The van der Waals surface area contributed by atoms with Crippen LogP contribution in [0.4, 0.5) is 18.9 Å². The first-order valence-electron chi connectivity index (χ1n) is 6.82. The molecule has 2 heterocycles. The summed E-state index contributed by atoms with van der Waals surface area (Å²) in [4.78, 5) is 11.2. The minimum Gasteiger partial charge on any atom is -0.506 e. The Bertz CT molecular complexity index is 939. The van der Waals surface area contributed by atoms with Crippen LogP contribution in [0.3, 0.4) is 0 Å². The zero-order chi connectivity index (χ0) is 18.4. The number of hydrogen-bond donors (Lipinski definition) is 2. The van der Waals surface area contributed by atoms with E-state index in [1.807, 2.05) is 0 Å². The van der Waals surface area contributed by atoms with Gasteiger partial charge in [-0.3, -0.25) is 9.48 Å². The van der Waals surface area contributed by atoms with Crippen molar-refractivity contribution in [1.82, 2.24) is 14.5 Å². The van der Waals surface area contributed by atoms with Gasteiger partial charge in [0.05, 0.1) is 12.2 Å². The lowest BCUT2D eigenvalue weighted by atomic mass is 10.2. The fourth-order valence-corrected chi connectivity index (χ4v) is 3.49. The van der Waals surface area contributed by atoms with Gasteiger partial charge in [0, 0.05) is 6.20 Å². The van der Waals surface area contributed by atoms with E-state index >= 15 is 0 Å². The topological polar surface area (TPSA) is 105 Å². The number of nitrogens with one attached hydrogen (secondary N) is 1.